The van der Waals surface area contributed by atoms with Crippen LogP contribution in [0.1, 0.15) is 30.2 Å². The van der Waals surface area contributed by atoms with E-state index >= 15 is 0 Å². The Labute approximate surface area is 204 Å². The largest absolute Gasteiger partial charge is 0.419 e. The molecule has 1 fully saturated rings. The highest BCUT2D eigenvalue weighted by Gasteiger charge is 2.26. The summed E-state index contributed by atoms with van der Waals surface area (Å²) in [6.07, 6.45) is 2.01. The van der Waals surface area contributed by atoms with Crippen LogP contribution in [0.25, 0.3) is 22.4 Å². The van der Waals surface area contributed by atoms with E-state index in [1.807, 2.05) is 40.6 Å². The van der Waals surface area contributed by atoms with Gasteiger partial charge in [0.2, 0.25) is 5.91 Å². The minimum Gasteiger partial charge on any atom is -0.408 e. The van der Waals surface area contributed by atoms with Crippen LogP contribution in [0.3, 0.4) is 0 Å². The van der Waals surface area contributed by atoms with Crippen LogP contribution in [0.15, 0.2) is 57.1 Å². The van der Waals surface area contributed by atoms with Crippen LogP contribution in [-0.4, -0.2) is 33.4 Å². The standard InChI is InChI=1S/C24H21Cl2N3O3S/c25-17-6-5-16(13-18(17)26)19-14-33-23(27-19)15-7-10-28(11-8-15)22(30)9-12-29-20-3-1-2-4-21(20)32-24(29)31/h1-6,13-15H,7-12H2. The summed E-state index contributed by atoms with van der Waals surface area (Å²) < 4.78 is 6.78. The van der Waals surface area contributed by atoms with Crippen LogP contribution < -0.4 is 5.76 Å². The third-order valence-electron chi connectivity index (χ3n) is 6.06. The van der Waals surface area contributed by atoms with Gasteiger partial charge in [-0.3, -0.25) is 9.36 Å². The molecule has 0 radical (unpaired) electrons. The molecule has 2 aromatic heterocycles. The number of benzene rings is 2. The van der Waals surface area contributed by atoms with Crippen molar-refractivity contribution in [3.63, 3.8) is 0 Å². The number of carbonyl (C=O) groups excluding carboxylic acids is 1. The summed E-state index contributed by atoms with van der Waals surface area (Å²) in [4.78, 5) is 31.6. The Balaban J connectivity index is 1.18. The number of fused-ring (bicyclic) bond motifs is 1. The van der Waals surface area contributed by atoms with Gasteiger partial charge in [0.15, 0.2) is 5.58 Å². The van der Waals surface area contributed by atoms with Gasteiger partial charge in [-0.25, -0.2) is 9.78 Å². The molecule has 1 saturated heterocycles. The SMILES string of the molecule is O=C(CCn1c(=O)oc2ccccc21)N1CCC(c2nc(-c3ccc(Cl)c(Cl)c3)cs2)CC1. The zero-order chi connectivity index (χ0) is 22.9. The molecule has 2 aromatic carbocycles. The van der Waals surface area contributed by atoms with Gasteiger partial charge in [-0.05, 0) is 37.1 Å². The number of aryl methyl sites for hydroxylation is 1. The van der Waals surface area contributed by atoms with Gasteiger partial charge >= 0.3 is 5.76 Å². The van der Waals surface area contributed by atoms with Gasteiger partial charge in [0, 0.05) is 42.9 Å². The number of halogens is 2. The second-order valence-corrected chi connectivity index (χ2v) is 9.80. The Morgan fingerprint density at radius 2 is 1.91 bits per heavy atom. The van der Waals surface area contributed by atoms with Crippen molar-refractivity contribution in [3.05, 3.63) is 73.4 Å². The van der Waals surface area contributed by atoms with E-state index in [1.165, 1.54) is 4.57 Å². The summed E-state index contributed by atoms with van der Waals surface area (Å²) in [5, 5.41) is 4.17. The van der Waals surface area contributed by atoms with Crippen LogP contribution in [0, 0.1) is 0 Å². The minimum absolute atomic E-state index is 0.0567. The van der Waals surface area contributed by atoms with Gasteiger partial charge in [0.25, 0.3) is 0 Å². The highest BCUT2D eigenvalue weighted by Crippen LogP contribution is 2.34. The molecule has 3 heterocycles. The quantitative estimate of drug-likeness (QED) is 0.345. The molecule has 170 valence electrons. The first kappa shape index (κ1) is 22.2. The average molecular weight is 502 g/mol. The Kier molecular flexibility index (Phi) is 6.27. The summed E-state index contributed by atoms with van der Waals surface area (Å²) in [5.41, 5.74) is 3.10. The van der Waals surface area contributed by atoms with Crippen molar-refractivity contribution in [2.75, 3.05) is 13.1 Å². The van der Waals surface area contributed by atoms with Gasteiger partial charge in [0.1, 0.15) is 0 Å². The van der Waals surface area contributed by atoms with Crippen molar-refractivity contribution in [2.45, 2.75) is 31.7 Å². The van der Waals surface area contributed by atoms with Crippen molar-refractivity contribution in [2.24, 2.45) is 0 Å². The number of likely N-dealkylation sites (tertiary alicyclic amines) is 1. The van der Waals surface area contributed by atoms with Crippen LogP contribution in [0.4, 0.5) is 0 Å². The Morgan fingerprint density at radius 1 is 1.12 bits per heavy atom. The minimum atomic E-state index is -0.427. The number of nitrogens with zero attached hydrogens (tertiary/aromatic N) is 3. The number of oxazole rings is 1. The number of hydrogen-bond donors (Lipinski definition) is 0. The summed E-state index contributed by atoms with van der Waals surface area (Å²) in [6, 6.07) is 12.8. The number of hydrogen-bond acceptors (Lipinski definition) is 5. The molecule has 5 rings (SSSR count). The Hall–Kier alpha value is -2.61. The maximum Gasteiger partial charge on any atom is 0.419 e. The molecule has 0 bridgehead atoms. The molecule has 9 heteroatoms. The highest BCUT2D eigenvalue weighted by atomic mass is 35.5. The topological polar surface area (TPSA) is 68.3 Å². The van der Waals surface area contributed by atoms with Gasteiger partial charge < -0.3 is 9.32 Å². The number of para-hydroxylation sites is 2. The molecule has 0 atom stereocenters. The number of thiazole rings is 1. The van der Waals surface area contributed by atoms with Gasteiger partial charge in [-0.15, -0.1) is 11.3 Å². The normalized spacial score (nSPS) is 14.8. The van der Waals surface area contributed by atoms with E-state index < -0.39 is 5.76 Å². The lowest BCUT2D eigenvalue weighted by Crippen LogP contribution is -2.38. The summed E-state index contributed by atoms with van der Waals surface area (Å²) >= 11 is 13.8. The van der Waals surface area contributed by atoms with Gasteiger partial charge in [-0.1, -0.05) is 41.4 Å². The van der Waals surface area contributed by atoms with E-state index in [1.54, 1.807) is 23.5 Å². The highest BCUT2D eigenvalue weighted by molar-refractivity contribution is 7.10. The van der Waals surface area contributed by atoms with E-state index in [0.29, 0.717) is 41.2 Å². The lowest BCUT2D eigenvalue weighted by molar-refractivity contribution is -0.132. The molecule has 1 aliphatic heterocycles. The molecule has 0 N–H and O–H groups in total. The third kappa shape index (κ3) is 4.58. The zero-order valence-electron chi connectivity index (χ0n) is 17.7. The number of carbonyl (C=O) groups is 1. The molecular formula is C24H21Cl2N3O3S. The van der Waals surface area contributed by atoms with E-state index in [9.17, 15) is 9.59 Å². The van der Waals surface area contributed by atoms with Gasteiger partial charge in [0.05, 0.1) is 26.3 Å². The average Bonchev–Trinajstić information content (AvgIpc) is 3.44. The van der Waals surface area contributed by atoms with Gasteiger partial charge in [-0.2, -0.15) is 0 Å². The van der Waals surface area contributed by atoms with Crippen molar-refractivity contribution < 1.29 is 9.21 Å². The van der Waals surface area contributed by atoms with Crippen LogP contribution in [-0.2, 0) is 11.3 Å². The Morgan fingerprint density at radius 3 is 2.70 bits per heavy atom. The molecule has 1 amide bonds. The maximum atomic E-state index is 12.8. The van der Waals surface area contributed by atoms with Crippen LogP contribution in [0.5, 0.6) is 0 Å². The molecule has 0 spiro atoms. The smallest absolute Gasteiger partial charge is 0.408 e. The fourth-order valence-corrected chi connectivity index (χ4v) is 5.53. The van der Waals surface area contributed by atoms with E-state index in [2.05, 4.69) is 0 Å². The first-order chi connectivity index (χ1) is 16.0. The third-order valence-corrected chi connectivity index (χ3v) is 7.80. The van der Waals surface area contributed by atoms with Crippen LogP contribution >= 0.6 is 34.5 Å². The van der Waals surface area contributed by atoms with Crippen molar-refractivity contribution in [3.8, 4) is 11.3 Å². The van der Waals surface area contributed by atoms with Crippen LogP contribution in [0.2, 0.25) is 10.0 Å². The van der Waals surface area contributed by atoms with Crippen molar-refractivity contribution >= 4 is 51.5 Å². The molecule has 6 nitrogen and oxygen atoms in total. The molecule has 4 aromatic rings. The van der Waals surface area contributed by atoms with E-state index in [-0.39, 0.29) is 12.3 Å². The monoisotopic (exact) mass is 501 g/mol. The molecule has 0 unspecified atom stereocenters. The molecule has 0 aliphatic carbocycles. The molecular weight excluding hydrogens is 481 g/mol. The molecule has 0 saturated carbocycles. The summed E-state index contributed by atoms with van der Waals surface area (Å²) in [5.74, 6) is -0.0402. The van der Waals surface area contributed by atoms with Crippen molar-refractivity contribution in [1.29, 1.82) is 0 Å². The first-order valence-corrected chi connectivity index (χ1v) is 12.4. The number of aromatic nitrogens is 2. The predicted molar refractivity (Wildman–Crippen MR) is 131 cm³/mol. The first-order valence-electron chi connectivity index (χ1n) is 10.8. The predicted octanol–water partition coefficient (Wildman–Crippen LogP) is 5.82. The van der Waals surface area contributed by atoms with Crippen molar-refractivity contribution in [1.82, 2.24) is 14.5 Å². The number of amides is 1. The summed E-state index contributed by atoms with van der Waals surface area (Å²) in [7, 11) is 0. The number of rotatable bonds is 5. The fourth-order valence-electron chi connectivity index (χ4n) is 4.23. The van der Waals surface area contributed by atoms with E-state index in [4.69, 9.17) is 32.6 Å². The Bertz CT molecular complexity index is 1370. The maximum absolute atomic E-state index is 12.8. The number of piperidine rings is 1. The fraction of sp³-hybridized carbons (Fsp3) is 0.292. The zero-order valence-corrected chi connectivity index (χ0v) is 20.0. The van der Waals surface area contributed by atoms with E-state index in [0.717, 1.165) is 34.6 Å². The second kappa shape index (κ2) is 9.33. The lowest BCUT2D eigenvalue weighted by atomic mass is 9.97. The lowest BCUT2D eigenvalue weighted by Gasteiger charge is -2.31. The second-order valence-electron chi connectivity index (χ2n) is 8.09. The molecule has 33 heavy (non-hydrogen) atoms. The molecule has 1 aliphatic rings. The summed E-state index contributed by atoms with van der Waals surface area (Å²) in [6.45, 7) is 1.69.